The molecule has 0 amide bonds. The minimum absolute atomic E-state index is 1.02. The third-order valence-electron chi connectivity index (χ3n) is 3.88. The Labute approximate surface area is 153 Å². The molecule has 0 unspecified atom stereocenters. The lowest BCUT2D eigenvalue weighted by Crippen LogP contribution is -1.85. The van der Waals surface area contributed by atoms with Crippen molar-refractivity contribution >= 4 is 23.5 Å². The second-order valence-electron chi connectivity index (χ2n) is 6.02. The van der Waals surface area contributed by atoms with Crippen LogP contribution in [0.4, 0.5) is 0 Å². The zero-order valence-electron chi connectivity index (χ0n) is 14.2. The number of aryl methyl sites for hydroxylation is 2. The van der Waals surface area contributed by atoms with E-state index < -0.39 is 0 Å². The molecule has 24 heavy (non-hydrogen) atoms. The van der Waals surface area contributed by atoms with Crippen molar-refractivity contribution in [1.29, 1.82) is 0 Å². The molecule has 0 aliphatic carbocycles. The summed E-state index contributed by atoms with van der Waals surface area (Å²) < 4.78 is 0. The highest BCUT2D eigenvalue weighted by molar-refractivity contribution is 7.98. The molecule has 0 aliphatic rings. The highest BCUT2D eigenvalue weighted by atomic mass is 32.2. The summed E-state index contributed by atoms with van der Waals surface area (Å²) in [5.41, 5.74) is 5.39. The van der Waals surface area contributed by atoms with Crippen LogP contribution in [-0.4, -0.2) is 0 Å². The Kier molecular flexibility index (Phi) is 6.06. The molecule has 0 spiro atoms. The lowest BCUT2D eigenvalue weighted by molar-refractivity contribution is 1.32. The SMILES string of the molecule is Cc1ccc(SCc2ccc(CSc3ccc(C)cc3)cc2)cc1. The Balaban J connectivity index is 1.51. The van der Waals surface area contributed by atoms with Crippen LogP contribution in [0.5, 0.6) is 0 Å². The quantitative estimate of drug-likeness (QED) is 0.444. The largest absolute Gasteiger partial charge is 0.121 e. The van der Waals surface area contributed by atoms with Gasteiger partial charge in [-0.1, -0.05) is 59.7 Å². The van der Waals surface area contributed by atoms with Gasteiger partial charge in [0.1, 0.15) is 0 Å². The normalized spacial score (nSPS) is 10.8. The summed E-state index contributed by atoms with van der Waals surface area (Å²) >= 11 is 3.79. The van der Waals surface area contributed by atoms with Crippen LogP contribution in [0.25, 0.3) is 0 Å². The summed E-state index contributed by atoms with van der Waals surface area (Å²) in [6.45, 7) is 4.25. The van der Waals surface area contributed by atoms with Gasteiger partial charge in [0.15, 0.2) is 0 Å². The highest BCUT2D eigenvalue weighted by Gasteiger charge is 1.99. The molecule has 0 N–H and O–H groups in total. The molecule has 0 fully saturated rings. The molecule has 0 heterocycles. The minimum Gasteiger partial charge on any atom is -0.121 e. The van der Waals surface area contributed by atoms with Gasteiger partial charge in [-0.05, 0) is 49.2 Å². The van der Waals surface area contributed by atoms with Gasteiger partial charge in [0.2, 0.25) is 0 Å². The summed E-state index contributed by atoms with van der Waals surface area (Å²) in [7, 11) is 0. The Hall–Kier alpha value is -1.64. The zero-order valence-corrected chi connectivity index (χ0v) is 15.8. The third-order valence-corrected chi connectivity index (χ3v) is 6.04. The average Bonchev–Trinajstić information content (AvgIpc) is 2.62. The van der Waals surface area contributed by atoms with Crippen molar-refractivity contribution in [2.75, 3.05) is 0 Å². The van der Waals surface area contributed by atoms with E-state index in [0.717, 1.165) is 11.5 Å². The van der Waals surface area contributed by atoms with Gasteiger partial charge in [-0.3, -0.25) is 0 Å². The van der Waals surface area contributed by atoms with E-state index in [-0.39, 0.29) is 0 Å². The van der Waals surface area contributed by atoms with Crippen LogP contribution in [0.3, 0.4) is 0 Å². The molecular weight excluding hydrogens is 328 g/mol. The fourth-order valence-electron chi connectivity index (χ4n) is 2.33. The van der Waals surface area contributed by atoms with Crippen LogP contribution in [0, 0.1) is 13.8 Å². The fraction of sp³-hybridized carbons (Fsp3) is 0.182. The van der Waals surface area contributed by atoms with Gasteiger partial charge >= 0.3 is 0 Å². The van der Waals surface area contributed by atoms with Crippen molar-refractivity contribution in [1.82, 2.24) is 0 Å². The van der Waals surface area contributed by atoms with Crippen molar-refractivity contribution < 1.29 is 0 Å². The van der Waals surface area contributed by atoms with Crippen molar-refractivity contribution in [3.8, 4) is 0 Å². The summed E-state index contributed by atoms with van der Waals surface area (Å²) in [6.07, 6.45) is 0. The summed E-state index contributed by atoms with van der Waals surface area (Å²) in [6, 6.07) is 26.5. The van der Waals surface area contributed by atoms with E-state index in [2.05, 4.69) is 86.6 Å². The Morgan fingerprint density at radius 2 is 0.833 bits per heavy atom. The van der Waals surface area contributed by atoms with Gasteiger partial charge in [0.05, 0.1) is 0 Å². The zero-order chi connectivity index (χ0) is 16.8. The Bertz CT molecular complexity index is 688. The molecular formula is C22H22S2. The first-order valence-electron chi connectivity index (χ1n) is 8.16. The molecule has 0 aliphatic heterocycles. The van der Waals surface area contributed by atoms with E-state index in [9.17, 15) is 0 Å². The number of rotatable bonds is 6. The number of benzene rings is 3. The molecule has 0 radical (unpaired) electrons. The van der Waals surface area contributed by atoms with Gasteiger partial charge < -0.3 is 0 Å². The molecule has 0 saturated carbocycles. The lowest BCUT2D eigenvalue weighted by atomic mass is 10.2. The maximum Gasteiger partial charge on any atom is 0.0231 e. The average molecular weight is 351 g/mol. The van der Waals surface area contributed by atoms with E-state index in [0.29, 0.717) is 0 Å². The fourth-order valence-corrected chi connectivity index (χ4v) is 4.04. The second kappa shape index (κ2) is 8.46. The summed E-state index contributed by atoms with van der Waals surface area (Å²) in [5, 5.41) is 0. The first-order valence-corrected chi connectivity index (χ1v) is 10.1. The molecule has 0 bridgehead atoms. The second-order valence-corrected chi connectivity index (χ2v) is 8.12. The van der Waals surface area contributed by atoms with Crippen molar-refractivity contribution in [3.05, 3.63) is 95.1 Å². The van der Waals surface area contributed by atoms with E-state index in [1.165, 1.54) is 32.0 Å². The molecule has 0 saturated heterocycles. The molecule has 3 aromatic rings. The molecule has 0 nitrogen and oxygen atoms in total. The molecule has 0 atom stereocenters. The molecule has 2 heteroatoms. The summed E-state index contributed by atoms with van der Waals surface area (Å²) in [4.78, 5) is 2.67. The van der Waals surface area contributed by atoms with Crippen molar-refractivity contribution in [2.45, 2.75) is 35.1 Å². The number of thioether (sulfide) groups is 2. The van der Waals surface area contributed by atoms with Gasteiger partial charge in [0, 0.05) is 21.3 Å². The highest BCUT2D eigenvalue weighted by Crippen LogP contribution is 2.25. The first-order chi connectivity index (χ1) is 11.7. The van der Waals surface area contributed by atoms with Crippen LogP contribution in [-0.2, 0) is 11.5 Å². The van der Waals surface area contributed by atoms with Crippen LogP contribution in [0.1, 0.15) is 22.3 Å². The number of hydrogen-bond donors (Lipinski definition) is 0. The van der Waals surface area contributed by atoms with Crippen molar-refractivity contribution in [2.24, 2.45) is 0 Å². The van der Waals surface area contributed by atoms with E-state index in [1.807, 2.05) is 23.5 Å². The van der Waals surface area contributed by atoms with Crippen molar-refractivity contribution in [3.63, 3.8) is 0 Å². The van der Waals surface area contributed by atoms with Crippen LogP contribution in [0.15, 0.2) is 82.6 Å². The first kappa shape index (κ1) is 17.2. The van der Waals surface area contributed by atoms with Gasteiger partial charge in [-0.2, -0.15) is 0 Å². The summed E-state index contributed by atoms with van der Waals surface area (Å²) in [5.74, 6) is 2.04. The topological polar surface area (TPSA) is 0 Å². The van der Waals surface area contributed by atoms with E-state index in [4.69, 9.17) is 0 Å². The van der Waals surface area contributed by atoms with Gasteiger partial charge in [-0.25, -0.2) is 0 Å². The van der Waals surface area contributed by atoms with Crippen LogP contribution < -0.4 is 0 Å². The van der Waals surface area contributed by atoms with Gasteiger partial charge in [0.25, 0.3) is 0 Å². The standard InChI is InChI=1S/C22H22S2/c1-17-3-11-21(12-4-17)23-15-19-7-9-20(10-8-19)16-24-22-13-5-18(2)6-14-22/h3-14H,15-16H2,1-2H3. The number of hydrogen-bond acceptors (Lipinski definition) is 2. The van der Waals surface area contributed by atoms with Crippen LogP contribution in [0.2, 0.25) is 0 Å². The molecule has 0 aromatic heterocycles. The third kappa shape index (κ3) is 5.19. The van der Waals surface area contributed by atoms with E-state index in [1.54, 1.807) is 0 Å². The maximum atomic E-state index is 2.26. The molecule has 3 aromatic carbocycles. The Morgan fingerprint density at radius 3 is 1.17 bits per heavy atom. The van der Waals surface area contributed by atoms with Gasteiger partial charge in [-0.15, -0.1) is 23.5 Å². The predicted molar refractivity (Wildman–Crippen MR) is 108 cm³/mol. The smallest absolute Gasteiger partial charge is 0.0231 e. The Morgan fingerprint density at radius 1 is 0.500 bits per heavy atom. The van der Waals surface area contributed by atoms with E-state index >= 15 is 0 Å². The molecule has 122 valence electrons. The lowest BCUT2D eigenvalue weighted by Gasteiger charge is -2.06. The molecule has 3 rings (SSSR count). The monoisotopic (exact) mass is 350 g/mol. The maximum absolute atomic E-state index is 2.26. The van der Waals surface area contributed by atoms with Crippen LogP contribution >= 0.6 is 23.5 Å². The predicted octanol–water partition coefficient (Wildman–Crippen LogP) is 6.89. The minimum atomic E-state index is 1.02.